The largest absolute Gasteiger partial charge is 0.469 e. The van der Waals surface area contributed by atoms with Gasteiger partial charge in [-0.05, 0) is 38.3 Å². The first kappa shape index (κ1) is 22.1. The van der Waals surface area contributed by atoms with Crippen molar-refractivity contribution in [2.45, 2.75) is 44.7 Å². The molecule has 2 aromatic rings. The molecular formula is C21H28ClN5O3. The molecule has 3 rings (SSSR count). The number of benzene rings is 1. The van der Waals surface area contributed by atoms with Gasteiger partial charge in [0.1, 0.15) is 5.82 Å². The highest BCUT2D eigenvalue weighted by Gasteiger charge is 2.26. The van der Waals surface area contributed by atoms with E-state index in [0.717, 1.165) is 32.4 Å². The summed E-state index contributed by atoms with van der Waals surface area (Å²) < 4.78 is 6.60. The van der Waals surface area contributed by atoms with Crippen molar-refractivity contribution in [1.29, 1.82) is 0 Å². The summed E-state index contributed by atoms with van der Waals surface area (Å²) in [6.45, 7) is 3.97. The van der Waals surface area contributed by atoms with Gasteiger partial charge in [0, 0.05) is 31.6 Å². The van der Waals surface area contributed by atoms with Crippen LogP contribution in [0, 0.1) is 0 Å². The van der Waals surface area contributed by atoms with Gasteiger partial charge in [0.15, 0.2) is 0 Å². The second-order valence-electron chi connectivity index (χ2n) is 7.45. The second-order valence-corrected chi connectivity index (χ2v) is 7.86. The van der Waals surface area contributed by atoms with Gasteiger partial charge in [0.2, 0.25) is 0 Å². The van der Waals surface area contributed by atoms with E-state index in [0.29, 0.717) is 29.0 Å². The van der Waals surface area contributed by atoms with Crippen LogP contribution in [0.25, 0.3) is 0 Å². The quantitative estimate of drug-likeness (QED) is 0.640. The monoisotopic (exact) mass is 433 g/mol. The molecule has 1 aliphatic rings. The molecule has 8 nitrogen and oxygen atoms in total. The summed E-state index contributed by atoms with van der Waals surface area (Å²) in [5.41, 5.74) is 0.553. The van der Waals surface area contributed by atoms with Crippen LogP contribution in [0.4, 0.5) is 16.3 Å². The molecule has 2 amide bonds. The van der Waals surface area contributed by atoms with Gasteiger partial charge < -0.3 is 15.0 Å². The Hall–Kier alpha value is -2.58. The molecule has 162 valence electrons. The molecule has 1 fully saturated rings. The topological polar surface area (TPSA) is 88.5 Å². The van der Waals surface area contributed by atoms with Crippen molar-refractivity contribution in [3.8, 4) is 0 Å². The molecule has 2 heterocycles. The molecule has 0 radical (unpaired) electrons. The molecule has 1 aliphatic heterocycles. The average Bonchev–Trinajstić information content (AvgIpc) is 3.21. The fourth-order valence-electron chi connectivity index (χ4n) is 3.72. The lowest BCUT2D eigenvalue weighted by atomic mass is 10.0. The number of hydrogen-bond acceptors (Lipinski definition) is 5. The zero-order valence-corrected chi connectivity index (χ0v) is 18.1. The number of likely N-dealkylation sites (tertiary alicyclic amines) is 1. The summed E-state index contributed by atoms with van der Waals surface area (Å²) >= 11 is 6.10. The number of para-hydroxylation sites is 1. The Balaban J connectivity index is 1.53. The number of methoxy groups -OCH3 is 1. The number of nitrogens with zero attached hydrogens (tertiary/aromatic N) is 3. The van der Waals surface area contributed by atoms with Gasteiger partial charge in [-0.2, -0.15) is 5.10 Å². The molecule has 1 aromatic heterocycles. The highest BCUT2D eigenvalue weighted by atomic mass is 35.5. The Kier molecular flexibility index (Phi) is 7.70. The molecule has 9 heteroatoms. The number of piperidine rings is 1. The minimum atomic E-state index is -0.362. The molecule has 0 bridgehead atoms. The van der Waals surface area contributed by atoms with Crippen LogP contribution < -0.4 is 10.6 Å². The molecule has 2 N–H and O–H groups in total. The van der Waals surface area contributed by atoms with E-state index in [2.05, 4.69) is 27.6 Å². The molecule has 0 aliphatic carbocycles. The smallest absolute Gasteiger partial charge is 0.324 e. The number of ether oxygens (including phenoxy) is 1. The van der Waals surface area contributed by atoms with Crippen molar-refractivity contribution in [2.75, 3.05) is 30.8 Å². The van der Waals surface area contributed by atoms with Crippen LogP contribution in [-0.4, -0.2) is 52.9 Å². The summed E-state index contributed by atoms with van der Waals surface area (Å²) in [6, 6.07) is 9.05. The van der Waals surface area contributed by atoms with Crippen molar-refractivity contribution >= 4 is 35.1 Å². The number of urea groups is 1. The van der Waals surface area contributed by atoms with Crippen molar-refractivity contribution in [3.63, 3.8) is 0 Å². The van der Waals surface area contributed by atoms with E-state index in [4.69, 9.17) is 16.3 Å². The lowest BCUT2D eigenvalue weighted by molar-refractivity contribution is -0.141. The van der Waals surface area contributed by atoms with Gasteiger partial charge in [-0.25, -0.2) is 9.48 Å². The number of carbonyl (C=O) groups excluding carboxylic acids is 2. The summed E-state index contributed by atoms with van der Waals surface area (Å²) in [4.78, 5) is 26.1. The van der Waals surface area contributed by atoms with E-state index in [1.807, 2.05) is 16.8 Å². The second kappa shape index (κ2) is 10.4. The first-order valence-electron chi connectivity index (χ1n) is 10.1. The predicted octanol–water partition coefficient (Wildman–Crippen LogP) is 4.16. The highest BCUT2D eigenvalue weighted by molar-refractivity contribution is 6.33. The zero-order chi connectivity index (χ0) is 21.5. The van der Waals surface area contributed by atoms with Crippen LogP contribution in [0.15, 0.2) is 36.5 Å². The van der Waals surface area contributed by atoms with E-state index in [-0.39, 0.29) is 18.0 Å². The lowest BCUT2D eigenvalue weighted by Gasteiger charge is -2.36. The number of esters is 1. The fourth-order valence-corrected chi connectivity index (χ4v) is 3.90. The first-order valence-corrected chi connectivity index (χ1v) is 10.5. The summed E-state index contributed by atoms with van der Waals surface area (Å²) in [5, 5.41) is 10.5. The average molecular weight is 434 g/mol. The maximum atomic E-state index is 12.4. The standard InChI is InChI=1S/C21H28ClN5O3/c1-15(7-8-20(28)30-2)26-13-10-16(11-14-26)27-19(9-12-23-27)25-21(29)24-18-6-4-3-5-17(18)22/h3-6,9,12,15-16H,7-8,10-11,13-14H2,1-2H3,(H2,24,25,29)/t15-/m0/s1. The minimum Gasteiger partial charge on any atom is -0.469 e. The third-order valence-corrected chi connectivity index (χ3v) is 5.83. The number of anilines is 2. The van der Waals surface area contributed by atoms with Crippen molar-refractivity contribution < 1.29 is 14.3 Å². The SMILES string of the molecule is COC(=O)CC[C@H](C)N1CCC(n2nccc2NC(=O)Nc2ccccc2Cl)CC1. The Morgan fingerprint density at radius 2 is 1.97 bits per heavy atom. The van der Waals surface area contributed by atoms with Gasteiger partial charge in [-0.15, -0.1) is 0 Å². The van der Waals surface area contributed by atoms with Crippen LogP contribution in [0.1, 0.15) is 38.6 Å². The summed E-state index contributed by atoms with van der Waals surface area (Å²) in [6.07, 6.45) is 4.76. The Morgan fingerprint density at radius 1 is 1.23 bits per heavy atom. The first-order chi connectivity index (χ1) is 14.5. The van der Waals surface area contributed by atoms with Crippen LogP contribution in [0.2, 0.25) is 5.02 Å². The van der Waals surface area contributed by atoms with E-state index < -0.39 is 0 Å². The van der Waals surface area contributed by atoms with Gasteiger partial charge >= 0.3 is 12.0 Å². The number of rotatable bonds is 7. The molecule has 0 spiro atoms. The molecule has 1 saturated heterocycles. The molecule has 0 unspecified atom stereocenters. The zero-order valence-electron chi connectivity index (χ0n) is 17.3. The maximum Gasteiger partial charge on any atom is 0.324 e. The van der Waals surface area contributed by atoms with Crippen molar-refractivity contribution in [2.24, 2.45) is 0 Å². The summed E-state index contributed by atoms with van der Waals surface area (Å²) in [5.74, 6) is 0.482. The molecule has 30 heavy (non-hydrogen) atoms. The van der Waals surface area contributed by atoms with Crippen molar-refractivity contribution in [3.05, 3.63) is 41.6 Å². The minimum absolute atomic E-state index is 0.168. The highest BCUT2D eigenvalue weighted by Crippen LogP contribution is 2.27. The van der Waals surface area contributed by atoms with Crippen LogP contribution in [0.5, 0.6) is 0 Å². The third-order valence-electron chi connectivity index (χ3n) is 5.50. The normalized spacial score (nSPS) is 16.1. The number of carbonyl (C=O) groups is 2. The number of nitrogens with one attached hydrogen (secondary N) is 2. The van der Waals surface area contributed by atoms with Gasteiger partial charge in [0.05, 0.1) is 30.1 Å². The Morgan fingerprint density at radius 3 is 2.67 bits per heavy atom. The van der Waals surface area contributed by atoms with Crippen LogP contribution in [0.3, 0.4) is 0 Å². The number of amides is 2. The predicted molar refractivity (Wildman–Crippen MR) is 117 cm³/mol. The molecule has 0 saturated carbocycles. The number of halogens is 1. The van der Waals surface area contributed by atoms with Crippen LogP contribution in [-0.2, 0) is 9.53 Å². The fraction of sp³-hybridized carbons (Fsp3) is 0.476. The maximum absolute atomic E-state index is 12.4. The third kappa shape index (κ3) is 5.73. The van der Waals surface area contributed by atoms with Gasteiger partial charge in [-0.1, -0.05) is 23.7 Å². The van der Waals surface area contributed by atoms with E-state index in [1.165, 1.54) is 7.11 Å². The molecular weight excluding hydrogens is 406 g/mol. The Labute approximate surface area is 181 Å². The number of aromatic nitrogens is 2. The number of hydrogen-bond donors (Lipinski definition) is 2. The van der Waals surface area contributed by atoms with Gasteiger partial charge in [-0.3, -0.25) is 10.1 Å². The lowest BCUT2D eigenvalue weighted by Crippen LogP contribution is -2.41. The summed E-state index contributed by atoms with van der Waals surface area (Å²) in [7, 11) is 1.42. The van der Waals surface area contributed by atoms with Crippen LogP contribution >= 0.6 is 11.6 Å². The van der Waals surface area contributed by atoms with Crippen molar-refractivity contribution in [1.82, 2.24) is 14.7 Å². The van der Waals surface area contributed by atoms with Gasteiger partial charge in [0.25, 0.3) is 0 Å². The molecule has 1 aromatic carbocycles. The molecule has 1 atom stereocenters. The Bertz CT molecular complexity index is 864. The van der Waals surface area contributed by atoms with E-state index in [1.54, 1.807) is 24.4 Å². The van der Waals surface area contributed by atoms with E-state index in [9.17, 15) is 9.59 Å². The van der Waals surface area contributed by atoms with E-state index >= 15 is 0 Å².